The number of aromatic nitrogens is 3. The molecular formula is C50H34N4. The molecule has 4 nitrogen and oxygen atoms in total. The highest BCUT2D eigenvalue weighted by atomic mass is 15.0. The quantitative estimate of drug-likeness (QED) is 0.180. The molecular weight excluding hydrogens is 657 g/mol. The summed E-state index contributed by atoms with van der Waals surface area (Å²) in [5.74, 6) is 0. The Balaban J connectivity index is 1.31. The van der Waals surface area contributed by atoms with Crippen molar-refractivity contribution in [3.63, 3.8) is 0 Å². The van der Waals surface area contributed by atoms with E-state index in [0.717, 1.165) is 88.6 Å². The summed E-state index contributed by atoms with van der Waals surface area (Å²) in [6, 6.07) is 62.8. The molecule has 0 amide bonds. The third kappa shape index (κ3) is 5.02. The van der Waals surface area contributed by atoms with Crippen LogP contribution < -0.4 is 0 Å². The first-order valence-electron chi connectivity index (χ1n) is 18.3. The first kappa shape index (κ1) is 31.5. The van der Waals surface area contributed by atoms with Crippen LogP contribution in [0.1, 0.15) is 17.0 Å². The van der Waals surface area contributed by atoms with Crippen LogP contribution in [0.2, 0.25) is 0 Å². The standard InChI is InChI=1S/C50H34N4/c1-32-25-38(26-33(2)52-32)39-29-49(53-45-19-11-9-17-40(45)42-27-36(21-23-47(42)53)34-13-5-3-6-14-34)44(31-51)50(30-39)54-46-20-12-10-18-41(46)43-28-37(22-24-48(43)54)35-15-7-4-8-16-35/h3-30H,1-2H3. The molecule has 54 heavy (non-hydrogen) atoms. The Morgan fingerprint density at radius 1 is 0.389 bits per heavy atom. The van der Waals surface area contributed by atoms with Crippen LogP contribution in [0.15, 0.2) is 170 Å². The minimum absolute atomic E-state index is 0.603. The Morgan fingerprint density at radius 3 is 1.26 bits per heavy atom. The zero-order valence-corrected chi connectivity index (χ0v) is 30.0. The molecule has 10 aromatic rings. The van der Waals surface area contributed by atoms with Gasteiger partial charge in [-0.3, -0.25) is 4.98 Å². The summed E-state index contributed by atoms with van der Waals surface area (Å²) in [5.41, 5.74) is 15.1. The lowest BCUT2D eigenvalue weighted by atomic mass is 9.99. The molecule has 4 heteroatoms. The zero-order chi connectivity index (χ0) is 36.3. The molecule has 0 fully saturated rings. The van der Waals surface area contributed by atoms with Gasteiger partial charge in [-0.05, 0) is 108 Å². The van der Waals surface area contributed by atoms with Gasteiger partial charge < -0.3 is 9.13 Å². The molecule has 10 rings (SSSR count). The predicted octanol–water partition coefficient (Wildman–Crippen LogP) is 12.8. The minimum atomic E-state index is 0.603. The van der Waals surface area contributed by atoms with Crippen LogP contribution in [0.4, 0.5) is 0 Å². The van der Waals surface area contributed by atoms with Gasteiger partial charge in [-0.15, -0.1) is 0 Å². The predicted molar refractivity (Wildman–Crippen MR) is 223 cm³/mol. The molecule has 0 unspecified atom stereocenters. The van der Waals surface area contributed by atoms with Gasteiger partial charge in [0.2, 0.25) is 0 Å². The van der Waals surface area contributed by atoms with Crippen LogP contribution >= 0.6 is 0 Å². The van der Waals surface area contributed by atoms with Gasteiger partial charge in [-0.2, -0.15) is 5.26 Å². The third-order valence-corrected chi connectivity index (χ3v) is 10.7. The molecule has 0 spiro atoms. The number of nitriles is 1. The molecule has 0 saturated carbocycles. The van der Waals surface area contributed by atoms with E-state index < -0.39 is 0 Å². The van der Waals surface area contributed by atoms with Crippen LogP contribution in [0.5, 0.6) is 0 Å². The van der Waals surface area contributed by atoms with Crippen molar-refractivity contribution in [1.82, 2.24) is 14.1 Å². The largest absolute Gasteiger partial charge is 0.308 e. The summed E-state index contributed by atoms with van der Waals surface area (Å²) in [5, 5.41) is 15.9. The number of hydrogen-bond acceptors (Lipinski definition) is 2. The number of aryl methyl sites for hydroxylation is 2. The van der Waals surface area contributed by atoms with Gasteiger partial charge in [0, 0.05) is 32.9 Å². The average Bonchev–Trinajstić information content (AvgIpc) is 3.72. The summed E-state index contributed by atoms with van der Waals surface area (Å²) in [4.78, 5) is 4.71. The van der Waals surface area contributed by atoms with Crippen molar-refractivity contribution in [2.45, 2.75) is 13.8 Å². The first-order chi connectivity index (χ1) is 26.6. The summed E-state index contributed by atoms with van der Waals surface area (Å²) in [6.45, 7) is 4.08. The molecule has 7 aromatic carbocycles. The maximum atomic E-state index is 11.3. The summed E-state index contributed by atoms with van der Waals surface area (Å²) < 4.78 is 4.57. The molecule has 0 aliphatic heterocycles. The maximum Gasteiger partial charge on any atom is 0.104 e. The zero-order valence-electron chi connectivity index (χ0n) is 30.0. The van der Waals surface area contributed by atoms with E-state index in [0.29, 0.717) is 5.56 Å². The van der Waals surface area contributed by atoms with Crippen molar-refractivity contribution in [2.75, 3.05) is 0 Å². The van der Waals surface area contributed by atoms with Gasteiger partial charge in [0.1, 0.15) is 11.6 Å². The molecule has 0 N–H and O–H groups in total. The summed E-state index contributed by atoms with van der Waals surface area (Å²) in [6.07, 6.45) is 0. The molecule has 0 saturated heterocycles. The van der Waals surface area contributed by atoms with Crippen LogP contribution in [-0.4, -0.2) is 14.1 Å². The summed E-state index contributed by atoms with van der Waals surface area (Å²) >= 11 is 0. The number of nitrogens with zero attached hydrogens (tertiary/aromatic N) is 4. The lowest BCUT2D eigenvalue weighted by Gasteiger charge is -2.19. The molecule has 0 aliphatic carbocycles. The van der Waals surface area contributed by atoms with E-state index >= 15 is 0 Å². The first-order valence-corrected chi connectivity index (χ1v) is 18.3. The fourth-order valence-corrected chi connectivity index (χ4v) is 8.33. The molecule has 0 aliphatic rings. The average molecular weight is 691 g/mol. The second-order valence-electron chi connectivity index (χ2n) is 14.0. The van der Waals surface area contributed by atoms with E-state index in [4.69, 9.17) is 4.98 Å². The summed E-state index contributed by atoms with van der Waals surface area (Å²) in [7, 11) is 0. The van der Waals surface area contributed by atoms with Gasteiger partial charge in [0.15, 0.2) is 0 Å². The number of rotatable bonds is 5. The van der Waals surface area contributed by atoms with E-state index in [-0.39, 0.29) is 0 Å². The smallest absolute Gasteiger partial charge is 0.104 e. The Kier molecular flexibility index (Phi) is 7.28. The van der Waals surface area contributed by atoms with Crippen LogP contribution in [0.25, 0.3) is 88.4 Å². The molecule has 0 atom stereocenters. The van der Waals surface area contributed by atoms with Crippen molar-refractivity contribution in [1.29, 1.82) is 5.26 Å². The Morgan fingerprint density at radius 2 is 0.796 bits per heavy atom. The van der Waals surface area contributed by atoms with Crippen LogP contribution in [-0.2, 0) is 0 Å². The lowest BCUT2D eigenvalue weighted by molar-refractivity contribution is 1.11. The Labute approximate surface area is 313 Å². The van der Waals surface area contributed by atoms with E-state index in [1.807, 2.05) is 26.0 Å². The van der Waals surface area contributed by atoms with E-state index in [9.17, 15) is 5.26 Å². The molecule has 3 aromatic heterocycles. The van der Waals surface area contributed by atoms with E-state index in [1.54, 1.807) is 0 Å². The second-order valence-corrected chi connectivity index (χ2v) is 14.0. The van der Waals surface area contributed by atoms with E-state index in [2.05, 4.69) is 173 Å². The van der Waals surface area contributed by atoms with Crippen molar-refractivity contribution >= 4 is 43.6 Å². The maximum absolute atomic E-state index is 11.3. The second kappa shape index (κ2) is 12.5. The molecule has 0 radical (unpaired) electrons. The fraction of sp³-hybridized carbons (Fsp3) is 0.0400. The van der Waals surface area contributed by atoms with Crippen molar-refractivity contribution in [3.8, 4) is 50.8 Å². The fourth-order valence-electron chi connectivity index (χ4n) is 8.33. The van der Waals surface area contributed by atoms with Gasteiger partial charge >= 0.3 is 0 Å². The number of para-hydroxylation sites is 2. The monoisotopic (exact) mass is 690 g/mol. The van der Waals surface area contributed by atoms with Crippen LogP contribution in [0, 0.1) is 25.2 Å². The number of hydrogen-bond donors (Lipinski definition) is 0. The SMILES string of the molecule is Cc1cc(-c2cc(-n3c4ccccc4c4cc(-c5ccccc5)ccc43)c(C#N)c(-n3c4ccccc4c4cc(-c5ccccc5)ccc43)c2)cc(C)n1. The highest BCUT2D eigenvalue weighted by molar-refractivity contribution is 6.12. The molecule has 3 heterocycles. The molecule has 254 valence electrons. The number of pyridine rings is 1. The Hall–Kier alpha value is -7.22. The van der Waals surface area contributed by atoms with Crippen LogP contribution in [0.3, 0.4) is 0 Å². The normalized spacial score (nSPS) is 11.5. The van der Waals surface area contributed by atoms with Crippen molar-refractivity contribution < 1.29 is 0 Å². The van der Waals surface area contributed by atoms with Crippen molar-refractivity contribution in [2.24, 2.45) is 0 Å². The highest BCUT2D eigenvalue weighted by Crippen LogP contribution is 2.41. The Bertz CT molecular complexity index is 2920. The molecule has 0 bridgehead atoms. The van der Waals surface area contributed by atoms with E-state index in [1.165, 1.54) is 11.1 Å². The van der Waals surface area contributed by atoms with Gasteiger partial charge in [-0.1, -0.05) is 109 Å². The van der Waals surface area contributed by atoms with Gasteiger partial charge in [-0.25, -0.2) is 0 Å². The van der Waals surface area contributed by atoms with Crippen molar-refractivity contribution in [3.05, 3.63) is 187 Å². The van der Waals surface area contributed by atoms with Gasteiger partial charge in [0.25, 0.3) is 0 Å². The highest BCUT2D eigenvalue weighted by Gasteiger charge is 2.23. The third-order valence-electron chi connectivity index (χ3n) is 10.7. The number of fused-ring (bicyclic) bond motifs is 6. The number of benzene rings is 7. The van der Waals surface area contributed by atoms with Gasteiger partial charge in [0.05, 0.1) is 33.4 Å². The minimum Gasteiger partial charge on any atom is -0.308 e. The lowest BCUT2D eigenvalue weighted by Crippen LogP contribution is -2.05. The topological polar surface area (TPSA) is 46.5 Å².